The number of aromatic nitrogens is 3. The summed E-state index contributed by atoms with van der Waals surface area (Å²) in [5.41, 5.74) is 7.65. The maximum Gasteiger partial charge on any atom is 0.163 e. The first kappa shape index (κ1) is 28.7. The molecule has 1 aliphatic rings. The predicted molar refractivity (Wildman–Crippen MR) is 155 cm³/mol. The van der Waals surface area contributed by atoms with Crippen LogP contribution in [0.15, 0.2) is 48.7 Å². The molecule has 0 saturated carbocycles. The number of aliphatic hydroxyl groups is 1. The van der Waals surface area contributed by atoms with Crippen LogP contribution in [0.1, 0.15) is 6.42 Å². The molecule has 1 fully saturated rings. The van der Waals surface area contributed by atoms with Gasteiger partial charge in [-0.15, -0.1) is 0 Å². The number of nitrogens with one attached hydrogen (secondary N) is 1. The van der Waals surface area contributed by atoms with E-state index in [1.807, 2.05) is 0 Å². The number of benzene rings is 2. The first-order valence-corrected chi connectivity index (χ1v) is 14.4. The summed E-state index contributed by atoms with van der Waals surface area (Å²) in [6.45, 7) is 1.35. The van der Waals surface area contributed by atoms with Crippen molar-refractivity contribution in [1.82, 2.24) is 15.0 Å². The lowest BCUT2D eigenvalue weighted by atomic mass is 10.0. The number of pyridine rings is 1. The van der Waals surface area contributed by atoms with E-state index in [1.165, 1.54) is 6.07 Å². The summed E-state index contributed by atoms with van der Waals surface area (Å²) in [5, 5.41) is 10.1. The molecule has 0 bridgehead atoms. The summed E-state index contributed by atoms with van der Waals surface area (Å²) < 4.78 is 54.7. The molecule has 2 aromatic carbocycles. The molecule has 1 aliphatic heterocycles. The third-order valence-electron chi connectivity index (χ3n) is 6.45. The summed E-state index contributed by atoms with van der Waals surface area (Å²) in [6.07, 6.45) is 1.70. The van der Waals surface area contributed by atoms with Crippen LogP contribution in [0.5, 0.6) is 5.75 Å². The van der Waals surface area contributed by atoms with E-state index in [2.05, 4.69) is 14.6 Å². The van der Waals surface area contributed by atoms with Crippen LogP contribution in [0.25, 0.3) is 33.4 Å². The minimum Gasteiger partial charge on any atom is -0.593 e. The van der Waals surface area contributed by atoms with Gasteiger partial charge in [0.05, 0.1) is 37.9 Å². The summed E-state index contributed by atoms with van der Waals surface area (Å²) >= 11 is -1.64. The highest BCUT2D eigenvalue weighted by Gasteiger charge is 2.23. The fourth-order valence-corrected chi connectivity index (χ4v) is 5.36. The van der Waals surface area contributed by atoms with E-state index >= 15 is 4.39 Å². The van der Waals surface area contributed by atoms with Gasteiger partial charge in [0.25, 0.3) is 0 Å². The Morgan fingerprint density at radius 3 is 2.71 bits per heavy atom. The summed E-state index contributed by atoms with van der Waals surface area (Å²) in [4.78, 5) is 15.9. The number of morpholine rings is 1. The van der Waals surface area contributed by atoms with E-state index < -0.39 is 23.9 Å². The number of nitrogen functional groups attached to an aromatic ring is 1. The molecule has 5 rings (SSSR count). The highest BCUT2D eigenvalue weighted by Crippen LogP contribution is 2.39. The standard InChI is InChI=1S/C28H30F2N6O4S/c29-7-2-14-41(38)35-22-4-1-3-20(25(22)30)19-15-21-26(23(16-19)40-13-10-37)33-27(18-5-6-24(31)32-17-18)34-28(21)36-8-11-39-12-9-36/h1,3-6,15-17,35,37H,2,7-14H2,(H2,31,32). The molecular weight excluding hydrogens is 554 g/mol. The summed E-state index contributed by atoms with van der Waals surface area (Å²) in [7, 11) is 0. The maximum absolute atomic E-state index is 15.8. The smallest absolute Gasteiger partial charge is 0.163 e. The first-order valence-electron chi connectivity index (χ1n) is 13.1. The number of ether oxygens (including phenoxy) is 2. The third kappa shape index (κ3) is 6.59. The molecule has 41 heavy (non-hydrogen) atoms. The van der Waals surface area contributed by atoms with Gasteiger partial charge in [0.1, 0.15) is 40.9 Å². The van der Waals surface area contributed by atoms with Crippen molar-refractivity contribution in [1.29, 1.82) is 0 Å². The number of rotatable bonds is 11. The highest BCUT2D eigenvalue weighted by atomic mass is 32.2. The van der Waals surface area contributed by atoms with Gasteiger partial charge in [-0.25, -0.2) is 24.1 Å². The van der Waals surface area contributed by atoms with Gasteiger partial charge in [-0.2, -0.15) is 0 Å². The zero-order chi connectivity index (χ0) is 28.8. The lowest BCUT2D eigenvalue weighted by molar-refractivity contribution is 0.122. The van der Waals surface area contributed by atoms with E-state index in [0.29, 0.717) is 71.5 Å². The lowest BCUT2D eigenvalue weighted by Gasteiger charge is -2.29. The molecule has 4 aromatic rings. The number of nitrogens with two attached hydrogens (primary N) is 1. The van der Waals surface area contributed by atoms with Gasteiger partial charge in [0, 0.05) is 42.2 Å². The number of anilines is 3. The Morgan fingerprint density at radius 1 is 1.15 bits per heavy atom. The van der Waals surface area contributed by atoms with Crippen molar-refractivity contribution in [2.75, 3.05) is 67.3 Å². The van der Waals surface area contributed by atoms with Crippen molar-refractivity contribution in [2.45, 2.75) is 6.42 Å². The van der Waals surface area contributed by atoms with E-state index in [4.69, 9.17) is 25.2 Å². The van der Waals surface area contributed by atoms with E-state index in [9.17, 15) is 14.0 Å². The second-order valence-corrected chi connectivity index (χ2v) is 10.5. The monoisotopic (exact) mass is 584 g/mol. The van der Waals surface area contributed by atoms with Gasteiger partial charge in [-0.05, 0) is 35.9 Å². The Morgan fingerprint density at radius 2 is 1.98 bits per heavy atom. The van der Waals surface area contributed by atoms with Crippen molar-refractivity contribution in [3.8, 4) is 28.3 Å². The molecule has 0 amide bonds. The zero-order valence-electron chi connectivity index (χ0n) is 22.2. The van der Waals surface area contributed by atoms with Crippen LogP contribution in [0, 0.1) is 5.82 Å². The second-order valence-electron chi connectivity index (χ2n) is 9.25. The van der Waals surface area contributed by atoms with Crippen molar-refractivity contribution >= 4 is 39.6 Å². The van der Waals surface area contributed by atoms with Gasteiger partial charge in [-0.3, -0.25) is 4.39 Å². The van der Waals surface area contributed by atoms with Crippen LogP contribution < -0.4 is 20.1 Å². The number of aliphatic hydroxyl groups excluding tert-OH is 1. The predicted octanol–water partition coefficient (Wildman–Crippen LogP) is 3.72. The Hall–Kier alpha value is -3.78. The molecule has 1 unspecified atom stereocenters. The maximum atomic E-state index is 15.8. The fourth-order valence-electron chi connectivity index (χ4n) is 4.48. The molecule has 1 saturated heterocycles. The SMILES string of the molecule is Nc1ccc(-c2nc(N3CCOCC3)c3cc(-c4cccc(N[S+]([O-])CCCF)c4F)cc(OCCO)c3n2)cn1. The molecule has 13 heteroatoms. The average molecular weight is 585 g/mol. The molecule has 3 heterocycles. The normalized spacial score (nSPS) is 14.3. The molecule has 1 atom stereocenters. The molecule has 216 valence electrons. The summed E-state index contributed by atoms with van der Waals surface area (Å²) in [5.74, 6) is 1.15. The number of halogens is 2. The summed E-state index contributed by atoms with van der Waals surface area (Å²) in [6, 6.07) is 11.6. The molecule has 0 radical (unpaired) electrons. The van der Waals surface area contributed by atoms with Gasteiger partial charge < -0.3 is 29.8 Å². The van der Waals surface area contributed by atoms with Gasteiger partial charge in [0.2, 0.25) is 0 Å². The molecule has 0 aliphatic carbocycles. The van der Waals surface area contributed by atoms with Crippen LogP contribution in [-0.4, -0.2) is 76.6 Å². The highest BCUT2D eigenvalue weighted by molar-refractivity contribution is 7.92. The number of fused-ring (bicyclic) bond motifs is 1. The Bertz CT molecular complexity index is 1490. The molecule has 4 N–H and O–H groups in total. The van der Waals surface area contributed by atoms with Crippen molar-refractivity contribution < 1.29 is 27.9 Å². The fraction of sp³-hybridized carbons (Fsp3) is 0.321. The Balaban J connectivity index is 1.67. The number of alkyl halides is 1. The Kier molecular flexibility index (Phi) is 9.29. The van der Waals surface area contributed by atoms with E-state index in [1.54, 1.807) is 42.6 Å². The van der Waals surface area contributed by atoms with Gasteiger partial charge in [0.15, 0.2) is 11.6 Å². The van der Waals surface area contributed by atoms with Crippen LogP contribution >= 0.6 is 0 Å². The molecule has 2 aromatic heterocycles. The van der Waals surface area contributed by atoms with E-state index in [0.717, 1.165) is 0 Å². The van der Waals surface area contributed by atoms with Crippen LogP contribution in [-0.2, 0) is 16.1 Å². The minimum atomic E-state index is -1.64. The topological polar surface area (TPSA) is 142 Å². The second kappa shape index (κ2) is 13.3. The lowest BCUT2D eigenvalue weighted by Crippen LogP contribution is -2.37. The van der Waals surface area contributed by atoms with Gasteiger partial charge >= 0.3 is 0 Å². The van der Waals surface area contributed by atoms with Crippen molar-refractivity contribution in [3.05, 3.63) is 54.5 Å². The van der Waals surface area contributed by atoms with Crippen molar-refractivity contribution in [3.63, 3.8) is 0 Å². The number of hydrogen-bond donors (Lipinski definition) is 3. The third-order valence-corrected chi connectivity index (χ3v) is 7.55. The largest absolute Gasteiger partial charge is 0.593 e. The minimum absolute atomic E-state index is 0.00810. The van der Waals surface area contributed by atoms with Crippen LogP contribution in [0.4, 0.5) is 26.1 Å². The average Bonchev–Trinajstić information content (AvgIpc) is 3.00. The van der Waals surface area contributed by atoms with Crippen molar-refractivity contribution in [2.24, 2.45) is 0 Å². The Labute approximate surface area is 238 Å². The quantitative estimate of drug-likeness (QED) is 0.223. The van der Waals surface area contributed by atoms with Crippen LogP contribution in [0.3, 0.4) is 0 Å². The molecule has 0 spiro atoms. The molecular formula is C28H30F2N6O4S. The van der Waals surface area contributed by atoms with E-state index in [-0.39, 0.29) is 36.6 Å². The molecule has 10 nitrogen and oxygen atoms in total. The first-order chi connectivity index (χ1) is 20.0. The number of nitrogens with zero attached hydrogens (tertiary/aromatic N) is 4. The van der Waals surface area contributed by atoms with Crippen LogP contribution in [0.2, 0.25) is 0 Å². The zero-order valence-corrected chi connectivity index (χ0v) is 23.0. The van der Waals surface area contributed by atoms with Gasteiger partial charge in [-0.1, -0.05) is 12.1 Å². The number of hydrogen-bond acceptors (Lipinski definition) is 10.